The highest BCUT2D eigenvalue weighted by Crippen LogP contribution is 2.45. The third-order valence-corrected chi connectivity index (χ3v) is 9.79. The van der Waals surface area contributed by atoms with E-state index in [-0.39, 0.29) is 5.41 Å². The van der Waals surface area contributed by atoms with Crippen LogP contribution in [0.25, 0.3) is 5.53 Å². The van der Waals surface area contributed by atoms with E-state index >= 15 is 0 Å². The van der Waals surface area contributed by atoms with E-state index in [1.54, 1.807) is 0 Å². The van der Waals surface area contributed by atoms with Gasteiger partial charge in [0.2, 0.25) is 5.76 Å². The number of rotatable bonds is 5. The lowest BCUT2D eigenvalue weighted by molar-refractivity contribution is 0.00440. The molecule has 0 aromatic heterocycles. The second-order valence-corrected chi connectivity index (χ2v) is 12.6. The van der Waals surface area contributed by atoms with Crippen molar-refractivity contribution in [2.24, 2.45) is 5.41 Å². The molecule has 0 atom stereocenters. The second-order valence-electron chi connectivity index (χ2n) is 7.21. The van der Waals surface area contributed by atoms with Crippen LogP contribution in [0.3, 0.4) is 0 Å². The summed E-state index contributed by atoms with van der Waals surface area (Å²) in [4.78, 5) is 3.07. The predicted octanol–water partition coefficient (Wildman–Crippen LogP) is 5.01. The molecule has 110 valence electrons. The smallest absolute Gasteiger partial charge is 0.340 e. The molecular formula is C15H30N2OSi. The lowest BCUT2D eigenvalue weighted by Gasteiger charge is -2.43. The van der Waals surface area contributed by atoms with E-state index in [2.05, 4.69) is 73.0 Å². The molecule has 0 bridgehead atoms. The zero-order valence-electron chi connectivity index (χ0n) is 14.0. The third-order valence-electron chi connectivity index (χ3n) is 3.82. The molecule has 0 amide bonds. The van der Waals surface area contributed by atoms with Crippen LogP contribution in [0.1, 0.15) is 62.3 Å². The van der Waals surface area contributed by atoms with Crippen LogP contribution in [0, 0.1) is 5.41 Å². The van der Waals surface area contributed by atoms with Gasteiger partial charge in [-0.1, -0.05) is 62.3 Å². The van der Waals surface area contributed by atoms with Crippen molar-refractivity contribution in [2.75, 3.05) is 0 Å². The largest absolute Gasteiger partial charge is 0.535 e. The number of allylic oxidation sites excluding steroid dienone is 1. The number of hydrogen-bond donors (Lipinski definition) is 0. The summed E-state index contributed by atoms with van der Waals surface area (Å²) in [5.41, 5.74) is 10.1. The molecule has 0 radical (unpaired) electrons. The van der Waals surface area contributed by atoms with Gasteiger partial charge in [0.1, 0.15) is 0 Å². The zero-order valence-corrected chi connectivity index (χ0v) is 15.0. The van der Waals surface area contributed by atoms with Crippen LogP contribution >= 0.6 is 0 Å². The van der Waals surface area contributed by atoms with Crippen molar-refractivity contribution in [3.8, 4) is 0 Å². The van der Waals surface area contributed by atoms with Gasteiger partial charge in [0.05, 0.1) is 0 Å². The van der Waals surface area contributed by atoms with Crippen LogP contribution in [0.15, 0.2) is 5.76 Å². The fourth-order valence-corrected chi connectivity index (χ4v) is 8.33. The van der Waals surface area contributed by atoms with Gasteiger partial charge in [-0.3, -0.25) is 0 Å². The SMILES string of the molecule is CC(C)[Si](OC(=C=[N+]=[N-])C(C)(C)C)(C(C)C)C(C)C. The first kappa shape index (κ1) is 18.2. The first-order chi connectivity index (χ1) is 8.50. The maximum Gasteiger partial charge on any atom is 0.340 e. The average molecular weight is 283 g/mol. The van der Waals surface area contributed by atoms with Crippen molar-refractivity contribution in [3.05, 3.63) is 11.3 Å². The quantitative estimate of drug-likeness (QED) is 0.230. The fraction of sp³-hybridized carbons (Fsp3) is 0.867. The molecule has 4 heteroatoms. The van der Waals surface area contributed by atoms with E-state index in [1.807, 2.05) is 0 Å². The second kappa shape index (κ2) is 6.56. The molecule has 0 aliphatic rings. The Morgan fingerprint density at radius 2 is 1.37 bits per heavy atom. The molecule has 0 aliphatic carbocycles. The highest BCUT2D eigenvalue weighted by atomic mass is 28.4. The first-order valence-corrected chi connectivity index (χ1v) is 9.30. The first-order valence-electron chi connectivity index (χ1n) is 7.16. The molecule has 0 aromatic carbocycles. The van der Waals surface area contributed by atoms with Gasteiger partial charge in [-0.05, 0) is 16.6 Å². The van der Waals surface area contributed by atoms with Crippen molar-refractivity contribution >= 4 is 14.2 Å². The Morgan fingerprint density at radius 3 is 1.58 bits per heavy atom. The lowest BCUT2D eigenvalue weighted by atomic mass is 9.95. The topological polar surface area (TPSA) is 45.6 Å². The summed E-state index contributed by atoms with van der Waals surface area (Å²) in [5, 5.41) is 0. The minimum atomic E-state index is -2.01. The van der Waals surface area contributed by atoms with Crippen LogP contribution in [0.2, 0.25) is 16.6 Å². The molecule has 0 fully saturated rings. The Kier molecular flexibility index (Phi) is 6.28. The summed E-state index contributed by atoms with van der Waals surface area (Å²) < 4.78 is 6.52. The van der Waals surface area contributed by atoms with Crippen LogP contribution in [-0.2, 0) is 4.43 Å². The molecular weight excluding hydrogens is 252 g/mol. The Balaban J connectivity index is 5.82. The predicted molar refractivity (Wildman–Crippen MR) is 83.7 cm³/mol. The van der Waals surface area contributed by atoms with Gasteiger partial charge in [-0.25, -0.2) is 0 Å². The lowest BCUT2D eigenvalue weighted by Crippen LogP contribution is -2.48. The minimum absolute atomic E-state index is 0.205. The van der Waals surface area contributed by atoms with Gasteiger partial charge >= 0.3 is 5.87 Å². The van der Waals surface area contributed by atoms with E-state index < -0.39 is 8.32 Å². The van der Waals surface area contributed by atoms with Gasteiger partial charge < -0.3 is 9.96 Å². The van der Waals surface area contributed by atoms with Gasteiger partial charge in [-0.2, -0.15) is 0 Å². The highest BCUT2D eigenvalue weighted by Gasteiger charge is 2.48. The molecule has 19 heavy (non-hydrogen) atoms. The molecule has 0 saturated carbocycles. The number of hydrogen-bond acceptors (Lipinski definition) is 1. The Bertz CT molecular complexity index is 360. The summed E-state index contributed by atoms with van der Waals surface area (Å²) in [7, 11) is -2.01. The molecule has 0 aliphatic heterocycles. The van der Waals surface area contributed by atoms with E-state index in [0.717, 1.165) is 0 Å². The zero-order chi connectivity index (χ0) is 15.4. The molecule has 0 unspecified atom stereocenters. The number of nitrogens with zero attached hydrogens (tertiary/aromatic N) is 2. The molecule has 3 nitrogen and oxygen atoms in total. The van der Waals surface area contributed by atoms with Crippen LogP contribution in [0.5, 0.6) is 0 Å². The van der Waals surface area contributed by atoms with E-state index in [4.69, 9.17) is 9.96 Å². The van der Waals surface area contributed by atoms with Crippen molar-refractivity contribution in [3.63, 3.8) is 0 Å². The van der Waals surface area contributed by atoms with Gasteiger partial charge in [0.25, 0.3) is 8.32 Å². The maximum absolute atomic E-state index is 8.84. The molecule has 0 saturated heterocycles. The summed E-state index contributed by atoms with van der Waals surface area (Å²) >= 11 is 0. The van der Waals surface area contributed by atoms with Crippen molar-refractivity contribution in [1.29, 1.82) is 0 Å². The van der Waals surface area contributed by atoms with E-state index in [1.165, 1.54) is 0 Å². The van der Waals surface area contributed by atoms with Gasteiger partial charge in [0.15, 0.2) is 0 Å². The summed E-state index contributed by atoms with van der Waals surface area (Å²) in [6, 6.07) is 0. The molecule has 0 heterocycles. The Morgan fingerprint density at radius 1 is 1.00 bits per heavy atom. The van der Waals surface area contributed by atoms with Crippen molar-refractivity contribution in [2.45, 2.75) is 78.9 Å². The van der Waals surface area contributed by atoms with E-state index in [0.29, 0.717) is 22.4 Å². The Labute approximate surface area is 119 Å². The summed E-state index contributed by atoms with van der Waals surface area (Å²) in [6.45, 7) is 19.6. The molecule has 0 spiro atoms. The maximum atomic E-state index is 8.84. The van der Waals surface area contributed by atoms with Gasteiger partial charge in [-0.15, -0.1) is 4.79 Å². The van der Waals surface area contributed by atoms with Crippen molar-refractivity contribution < 1.29 is 9.22 Å². The van der Waals surface area contributed by atoms with Crippen LogP contribution in [-0.4, -0.2) is 19.0 Å². The molecule has 0 N–H and O–H groups in total. The summed E-state index contributed by atoms with van der Waals surface area (Å²) in [6.07, 6.45) is 0. The minimum Gasteiger partial charge on any atom is -0.535 e. The van der Waals surface area contributed by atoms with E-state index in [9.17, 15) is 0 Å². The van der Waals surface area contributed by atoms with Crippen LogP contribution < -0.4 is 0 Å². The highest BCUT2D eigenvalue weighted by molar-refractivity contribution is 6.78. The third kappa shape index (κ3) is 4.07. The summed E-state index contributed by atoms with van der Waals surface area (Å²) in [5.74, 6) is 3.32. The molecule has 0 aromatic rings. The average Bonchev–Trinajstić information content (AvgIpc) is 2.20. The van der Waals surface area contributed by atoms with Crippen LogP contribution in [0.4, 0.5) is 0 Å². The Hall–Kier alpha value is -0.823. The molecule has 0 rings (SSSR count). The normalized spacial score (nSPS) is 12.6. The fourth-order valence-electron chi connectivity index (χ4n) is 2.92. The monoisotopic (exact) mass is 282 g/mol. The van der Waals surface area contributed by atoms with Crippen molar-refractivity contribution in [1.82, 2.24) is 0 Å². The van der Waals surface area contributed by atoms with Gasteiger partial charge in [0, 0.05) is 5.41 Å². The standard InChI is InChI=1S/C15H30N2OSi/c1-11(2)19(12(3)4,13(5)6)18-14(10-17-16)15(7,8)9/h11-13H,1-9H3.